The molecule has 1 aliphatic rings. The quantitative estimate of drug-likeness (QED) is 0.185. The van der Waals surface area contributed by atoms with Gasteiger partial charge in [-0.25, -0.2) is 0 Å². The normalized spacial score (nSPS) is 12.8. The summed E-state index contributed by atoms with van der Waals surface area (Å²) in [7, 11) is 0. The molecule has 0 saturated heterocycles. The first-order valence-corrected chi connectivity index (χ1v) is 15.7. The van der Waals surface area contributed by atoms with E-state index in [1.165, 1.54) is 93.1 Å². The summed E-state index contributed by atoms with van der Waals surface area (Å²) in [5.74, 6) is 0. The summed E-state index contributed by atoms with van der Waals surface area (Å²) in [6.07, 6.45) is 0. The topological polar surface area (TPSA) is 9.34 Å². The molecule has 0 aliphatic carbocycles. The summed E-state index contributed by atoms with van der Waals surface area (Å²) in [6, 6.07) is 56.3. The Hall–Kier alpha value is -5.80. The molecule has 11 rings (SSSR count). The Bertz CT molecular complexity index is 2820. The Morgan fingerprint density at radius 1 is 0.378 bits per heavy atom. The fraction of sp³-hybridized carbons (Fsp3) is 0. The van der Waals surface area contributed by atoms with Crippen LogP contribution in [0.5, 0.6) is 0 Å². The largest absolute Gasteiger partial charge is 0.310 e. The summed E-state index contributed by atoms with van der Waals surface area (Å²) in [4.78, 5) is 0. The zero-order valence-electron chi connectivity index (χ0n) is 24.4. The van der Waals surface area contributed by atoms with E-state index in [-0.39, 0.29) is 6.71 Å². The van der Waals surface area contributed by atoms with Gasteiger partial charge in [-0.05, 0) is 46.3 Å². The highest BCUT2D eigenvalue weighted by Crippen LogP contribution is 2.42. The van der Waals surface area contributed by atoms with Crippen molar-refractivity contribution in [3.05, 3.63) is 152 Å². The molecule has 4 heterocycles. The van der Waals surface area contributed by atoms with Crippen LogP contribution < -0.4 is 16.4 Å². The van der Waals surface area contributed by atoms with Crippen molar-refractivity contribution >= 4 is 83.0 Å². The van der Waals surface area contributed by atoms with E-state index in [4.69, 9.17) is 0 Å². The van der Waals surface area contributed by atoms with E-state index < -0.39 is 0 Å². The second-order valence-corrected chi connectivity index (χ2v) is 12.5. The van der Waals surface area contributed by atoms with Crippen LogP contribution in [0.1, 0.15) is 0 Å². The molecule has 0 atom stereocenters. The van der Waals surface area contributed by atoms with E-state index in [1.54, 1.807) is 0 Å². The molecule has 45 heavy (non-hydrogen) atoms. The van der Waals surface area contributed by atoms with Gasteiger partial charge in [0, 0.05) is 43.5 Å². The highest BCUT2D eigenvalue weighted by molar-refractivity contribution is 6.98. The van der Waals surface area contributed by atoms with Crippen molar-refractivity contribution in [2.45, 2.75) is 0 Å². The molecule has 0 radical (unpaired) electrons. The lowest BCUT2D eigenvalue weighted by molar-refractivity contribution is 1.19. The molecule has 0 bridgehead atoms. The van der Waals surface area contributed by atoms with Crippen LogP contribution >= 0.6 is 0 Å². The smallest absolute Gasteiger partial charge is 0.247 e. The van der Waals surface area contributed by atoms with Crippen LogP contribution in [0.25, 0.3) is 76.7 Å². The van der Waals surface area contributed by atoms with E-state index in [0.717, 1.165) is 0 Å². The van der Waals surface area contributed by atoms with Gasteiger partial charge in [0.15, 0.2) is 0 Å². The van der Waals surface area contributed by atoms with Gasteiger partial charge in [0.1, 0.15) is 0 Å². The molecule has 0 saturated carbocycles. The Balaban J connectivity index is 1.29. The lowest BCUT2D eigenvalue weighted by Crippen LogP contribution is -2.56. The number of hydrogen-bond donors (Lipinski definition) is 0. The maximum atomic E-state index is 2.54. The summed E-state index contributed by atoms with van der Waals surface area (Å²) < 4.78 is 5.04. The minimum absolute atomic E-state index is 0.124. The van der Waals surface area contributed by atoms with Crippen molar-refractivity contribution in [2.24, 2.45) is 0 Å². The standard InChI is InChI=1S/C42H25BN2/c1-2-12-26(13-3-1)27-14-4-6-19-34(27)43-35-20-7-9-23-38(35)45-40-24-32-30-17-10-16-29-28-15-5-8-22-37(28)44(41(29)30)39(32)25-33(40)31-18-11-21-36(43)42(31)45/h1-25H. The fourth-order valence-corrected chi connectivity index (χ4v) is 8.56. The van der Waals surface area contributed by atoms with Crippen molar-refractivity contribution in [3.8, 4) is 16.8 Å². The number of nitrogens with zero attached hydrogens (tertiary/aromatic N) is 2. The molecule has 7 aromatic carbocycles. The summed E-state index contributed by atoms with van der Waals surface area (Å²) >= 11 is 0. The second-order valence-electron chi connectivity index (χ2n) is 12.5. The van der Waals surface area contributed by atoms with E-state index in [1.807, 2.05) is 0 Å². The van der Waals surface area contributed by atoms with Gasteiger partial charge in [-0.1, -0.05) is 133 Å². The monoisotopic (exact) mass is 568 g/mol. The van der Waals surface area contributed by atoms with Crippen LogP contribution in [-0.4, -0.2) is 15.7 Å². The highest BCUT2D eigenvalue weighted by Gasteiger charge is 2.35. The zero-order valence-corrected chi connectivity index (χ0v) is 24.4. The molecule has 3 aromatic heterocycles. The van der Waals surface area contributed by atoms with Gasteiger partial charge >= 0.3 is 0 Å². The van der Waals surface area contributed by atoms with E-state index in [9.17, 15) is 0 Å². The van der Waals surface area contributed by atoms with Gasteiger partial charge in [-0.15, -0.1) is 0 Å². The lowest BCUT2D eigenvalue weighted by atomic mass is 9.34. The maximum absolute atomic E-state index is 2.54. The first kappa shape index (κ1) is 23.6. The number of para-hydroxylation sites is 4. The number of aromatic nitrogens is 2. The molecular weight excluding hydrogens is 543 g/mol. The Labute approximate surface area is 259 Å². The molecule has 1 aliphatic heterocycles. The lowest BCUT2D eigenvalue weighted by Gasteiger charge is -2.28. The third kappa shape index (κ3) is 2.91. The van der Waals surface area contributed by atoms with Crippen LogP contribution in [0.4, 0.5) is 0 Å². The second kappa shape index (κ2) is 8.43. The average Bonchev–Trinajstić information content (AvgIpc) is 3.74. The third-order valence-electron chi connectivity index (χ3n) is 10.3. The molecule has 0 fully saturated rings. The number of fused-ring (bicyclic) bond motifs is 11. The van der Waals surface area contributed by atoms with E-state index in [2.05, 4.69) is 161 Å². The fourth-order valence-electron chi connectivity index (χ4n) is 8.56. The molecule has 0 spiro atoms. The van der Waals surface area contributed by atoms with Crippen molar-refractivity contribution in [3.63, 3.8) is 0 Å². The number of benzene rings is 7. The Kier molecular flexibility index (Phi) is 4.43. The number of hydrogen-bond acceptors (Lipinski definition) is 0. The zero-order chi connectivity index (χ0) is 29.2. The van der Waals surface area contributed by atoms with Crippen LogP contribution in [0.2, 0.25) is 0 Å². The van der Waals surface area contributed by atoms with Gasteiger partial charge in [-0.3, -0.25) is 0 Å². The van der Waals surface area contributed by atoms with Crippen molar-refractivity contribution in [2.75, 3.05) is 0 Å². The summed E-state index contributed by atoms with van der Waals surface area (Å²) in [5, 5.41) is 7.88. The molecular formula is C42H25BN2. The maximum Gasteiger partial charge on any atom is 0.247 e. The molecule has 0 unspecified atom stereocenters. The molecule has 2 nitrogen and oxygen atoms in total. The van der Waals surface area contributed by atoms with E-state index in [0.29, 0.717) is 0 Å². The molecule has 0 amide bonds. The van der Waals surface area contributed by atoms with Gasteiger partial charge in [0.05, 0.1) is 22.1 Å². The predicted octanol–water partition coefficient (Wildman–Crippen LogP) is 8.43. The number of rotatable bonds is 2. The van der Waals surface area contributed by atoms with Crippen LogP contribution in [0.3, 0.4) is 0 Å². The summed E-state index contributed by atoms with van der Waals surface area (Å²) in [6.45, 7) is 0.124. The first-order valence-electron chi connectivity index (χ1n) is 15.7. The Morgan fingerprint density at radius 3 is 1.87 bits per heavy atom. The highest BCUT2D eigenvalue weighted by atomic mass is 15.0. The van der Waals surface area contributed by atoms with E-state index >= 15 is 0 Å². The van der Waals surface area contributed by atoms with Crippen LogP contribution in [-0.2, 0) is 0 Å². The minimum atomic E-state index is 0.124. The van der Waals surface area contributed by atoms with Crippen molar-refractivity contribution in [1.82, 2.24) is 8.97 Å². The van der Waals surface area contributed by atoms with Gasteiger partial charge in [-0.2, -0.15) is 0 Å². The first-order chi connectivity index (χ1) is 22.4. The van der Waals surface area contributed by atoms with Crippen LogP contribution in [0.15, 0.2) is 152 Å². The SMILES string of the molecule is c1ccc(-c2ccccc2B2c3ccccc3-n3c4cc5c6cccc7c8ccccc8n(c5cc4c4cccc2c43)c76)cc1. The van der Waals surface area contributed by atoms with Crippen LogP contribution in [0, 0.1) is 0 Å². The Morgan fingerprint density at radius 2 is 0.978 bits per heavy atom. The molecule has 3 heteroatoms. The van der Waals surface area contributed by atoms with Crippen molar-refractivity contribution in [1.29, 1.82) is 0 Å². The third-order valence-corrected chi connectivity index (χ3v) is 10.3. The molecule has 10 aromatic rings. The molecule has 206 valence electrons. The van der Waals surface area contributed by atoms with Gasteiger partial charge in [0.25, 0.3) is 0 Å². The predicted molar refractivity (Wildman–Crippen MR) is 192 cm³/mol. The molecule has 0 N–H and O–H groups in total. The summed E-state index contributed by atoms with van der Waals surface area (Å²) in [5.41, 5.74) is 14.3. The van der Waals surface area contributed by atoms with Crippen molar-refractivity contribution < 1.29 is 0 Å². The van der Waals surface area contributed by atoms with Gasteiger partial charge in [0.2, 0.25) is 6.71 Å². The van der Waals surface area contributed by atoms with Gasteiger partial charge < -0.3 is 8.97 Å². The minimum Gasteiger partial charge on any atom is -0.310 e. The average molecular weight is 568 g/mol.